The molecular weight excluding hydrogens is 666 g/mol. The Kier molecular flexibility index (Phi) is 5.78. The highest BCUT2D eigenvalue weighted by Crippen LogP contribution is 2.65. The first kappa shape index (κ1) is 24.3. The number of rotatable bonds is 3. The summed E-state index contributed by atoms with van der Waals surface area (Å²) >= 11 is 19.3. The first-order valence-corrected chi connectivity index (χ1v) is 13.4. The second kappa shape index (κ2) is 8.07. The fraction of sp³-hybridized carbons (Fsp3) is 0.455. The quantitative estimate of drug-likeness (QED) is 0.167. The van der Waals surface area contributed by atoms with Crippen LogP contribution in [0.1, 0.15) is 24.3 Å². The number of amides is 4. The van der Waals surface area contributed by atoms with Gasteiger partial charge >= 0.3 is 0 Å². The molecule has 4 aliphatic rings. The molecule has 34 heavy (non-hydrogen) atoms. The minimum atomic E-state index is -1.89. The molecule has 0 aromatic heterocycles. The van der Waals surface area contributed by atoms with E-state index in [2.05, 4.69) is 21.2 Å². The van der Waals surface area contributed by atoms with Crippen LogP contribution in [0.4, 0.5) is 0 Å². The summed E-state index contributed by atoms with van der Waals surface area (Å²) < 4.78 is 5.78. The van der Waals surface area contributed by atoms with Crippen molar-refractivity contribution in [2.24, 2.45) is 17.8 Å². The average Bonchev–Trinajstić information content (AvgIpc) is 3.17. The molecule has 0 spiro atoms. The smallest absolute Gasteiger partial charge is 0.254 e. The SMILES string of the molecule is COc1cc(C2C3=CCC4C(=O)NC(=O)C4C3CC3(Cl)C(=O)N(CBr)C(=O)C23Cl)cc(I)c1O. The monoisotopic (exact) mass is 682 g/mol. The Morgan fingerprint density at radius 2 is 1.91 bits per heavy atom. The Bertz CT molecular complexity index is 1210. The van der Waals surface area contributed by atoms with E-state index in [0.29, 0.717) is 21.1 Å². The van der Waals surface area contributed by atoms with E-state index in [-0.39, 0.29) is 29.3 Å². The number of methoxy groups -OCH3 is 1. The van der Waals surface area contributed by atoms with E-state index in [1.54, 1.807) is 12.1 Å². The summed E-state index contributed by atoms with van der Waals surface area (Å²) in [6.07, 6.45) is 2.07. The summed E-state index contributed by atoms with van der Waals surface area (Å²) in [6, 6.07) is 3.22. The van der Waals surface area contributed by atoms with Crippen LogP contribution in [0.5, 0.6) is 11.5 Å². The molecule has 0 bridgehead atoms. The molecule has 1 aromatic rings. The van der Waals surface area contributed by atoms with E-state index in [1.165, 1.54) is 7.11 Å². The van der Waals surface area contributed by atoms with Gasteiger partial charge in [0.25, 0.3) is 11.8 Å². The number of nitrogens with zero attached hydrogens (tertiary/aromatic N) is 1. The normalized spacial score (nSPS) is 36.6. The third-order valence-electron chi connectivity index (χ3n) is 7.46. The summed E-state index contributed by atoms with van der Waals surface area (Å²) in [5.74, 6) is -4.75. The number of fused-ring (bicyclic) bond motifs is 4. The number of hydrogen-bond acceptors (Lipinski definition) is 6. The molecule has 180 valence electrons. The van der Waals surface area contributed by atoms with Gasteiger partial charge < -0.3 is 9.84 Å². The lowest BCUT2D eigenvalue weighted by molar-refractivity contribution is -0.138. The predicted molar refractivity (Wildman–Crippen MR) is 134 cm³/mol. The van der Waals surface area contributed by atoms with E-state index in [1.807, 2.05) is 28.7 Å². The molecule has 6 atom stereocenters. The lowest BCUT2D eigenvalue weighted by Crippen LogP contribution is -2.60. The number of hydrogen-bond donors (Lipinski definition) is 2. The van der Waals surface area contributed by atoms with Gasteiger partial charge in [-0.1, -0.05) is 27.6 Å². The number of halogens is 4. The molecule has 1 aromatic carbocycles. The van der Waals surface area contributed by atoms with Crippen LogP contribution in [0, 0.1) is 21.3 Å². The highest BCUT2D eigenvalue weighted by Gasteiger charge is 2.76. The molecule has 0 radical (unpaired) electrons. The van der Waals surface area contributed by atoms with Gasteiger partial charge in [0.15, 0.2) is 21.2 Å². The van der Waals surface area contributed by atoms with Crippen molar-refractivity contribution in [3.8, 4) is 11.5 Å². The van der Waals surface area contributed by atoms with Crippen LogP contribution in [0.3, 0.4) is 0 Å². The largest absolute Gasteiger partial charge is 0.504 e. The van der Waals surface area contributed by atoms with Crippen molar-refractivity contribution in [2.45, 2.75) is 28.5 Å². The molecule has 2 heterocycles. The van der Waals surface area contributed by atoms with Gasteiger partial charge in [0, 0.05) is 5.92 Å². The molecule has 4 amide bonds. The minimum Gasteiger partial charge on any atom is -0.504 e. The van der Waals surface area contributed by atoms with Crippen molar-refractivity contribution in [1.29, 1.82) is 0 Å². The van der Waals surface area contributed by atoms with Crippen molar-refractivity contribution in [3.63, 3.8) is 0 Å². The number of allylic oxidation sites excluding steroid dienone is 2. The highest BCUT2D eigenvalue weighted by atomic mass is 127. The second-order valence-electron chi connectivity index (χ2n) is 8.89. The Hall–Kier alpha value is -1.37. The fourth-order valence-electron chi connectivity index (χ4n) is 5.95. The van der Waals surface area contributed by atoms with Gasteiger partial charge in [-0.05, 0) is 59.0 Å². The van der Waals surface area contributed by atoms with Crippen LogP contribution in [0.25, 0.3) is 0 Å². The summed E-state index contributed by atoms with van der Waals surface area (Å²) in [4.78, 5) is 49.5. The fourth-order valence-corrected chi connectivity index (χ4v) is 8.00. The van der Waals surface area contributed by atoms with Gasteiger partial charge in [-0.3, -0.25) is 29.4 Å². The number of likely N-dealkylation sites (tertiary alicyclic amines) is 1. The zero-order valence-corrected chi connectivity index (χ0v) is 22.9. The zero-order chi connectivity index (χ0) is 24.7. The molecule has 8 nitrogen and oxygen atoms in total. The summed E-state index contributed by atoms with van der Waals surface area (Å²) in [5.41, 5.74) is 1.10. The van der Waals surface area contributed by atoms with Gasteiger partial charge in [0.1, 0.15) is 0 Å². The molecule has 3 fully saturated rings. The Morgan fingerprint density at radius 1 is 1.21 bits per heavy atom. The molecule has 12 heteroatoms. The number of phenolic OH excluding ortho intramolecular Hbond substituents is 1. The van der Waals surface area contributed by atoms with Gasteiger partial charge in [0.2, 0.25) is 11.8 Å². The van der Waals surface area contributed by atoms with Gasteiger partial charge in [-0.25, -0.2) is 0 Å². The zero-order valence-electron chi connectivity index (χ0n) is 17.6. The lowest BCUT2D eigenvalue weighted by atomic mass is 9.56. The van der Waals surface area contributed by atoms with Crippen LogP contribution in [-0.2, 0) is 19.2 Å². The molecule has 5 rings (SSSR count). The van der Waals surface area contributed by atoms with Crippen molar-refractivity contribution < 1.29 is 29.0 Å². The first-order chi connectivity index (χ1) is 16.0. The number of alkyl halides is 3. The van der Waals surface area contributed by atoms with E-state index in [0.717, 1.165) is 4.90 Å². The molecule has 2 saturated heterocycles. The first-order valence-electron chi connectivity index (χ1n) is 10.4. The van der Waals surface area contributed by atoms with Crippen molar-refractivity contribution >= 4 is 85.4 Å². The minimum absolute atomic E-state index is 0.0668. The van der Waals surface area contributed by atoms with Crippen LogP contribution >= 0.6 is 61.7 Å². The van der Waals surface area contributed by atoms with Crippen molar-refractivity contribution in [2.75, 3.05) is 12.6 Å². The van der Waals surface area contributed by atoms with E-state index in [9.17, 15) is 24.3 Å². The maximum absolute atomic E-state index is 13.6. The molecule has 1 saturated carbocycles. The summed E-state index contributed by atoms with van der Waals surface area (Å²) in [5, 5.41) is 12.8. The van der Waals surface area contributed by atoms with Gasteiger partial charge in [0.05, 0.1) is 28.0 Å². The Labute approximate surface area is 226 Å². The molecule has 6 unspecified atom stereocenters. The summed E-state index contributed by atoms with van der Waals surface area (Å²) in [7, 11) is 1.40. The third kappa shape index (κ3) is 2.94. The number of imide groups is 2. The number of phenols is 1. The number of carbonyl (C=O) groups excluding carboxylic acids is 4. The number of nitrogens with one attached hydrogen (secondary N) is 1. The predicted octanol–water partition coefficient (Wildman–Crippen LogP) is 3.00. The molecule has 2 aliphatic heterocycles. The van der Waals surface area contributed by atoms with Crippen molar-refractivity contribution in [1.82, 2.24) is 10.2 Å². The molecule has 2 N–H and O–H groups in total. The third-order valence-corrected chi connectivity index (χ3v) is 10.2. The highest BCUT2D eigenvalue weighted by molar-refractivity contribution is 14.1. The van der Waals surface area contributed by atoms with Gasteiger partial charge in [-0.2, -0.15) is 0 Å². The lowest BCUT2D eigenvalue weighted by Gasteiger charge is -2.50. The maximum atomic E-state index is 13.6. The number of carbonyl (C=O) groups is 4. The molecule has 2 aliphatic carbocycles. The van der Waals surface area contributed by atoms with Crippen molar-refractivity contribution in [3.05, 3.63) is 32.9 Å². The maximum Gasteiger partial charge on any atom is 0.254 e. The Balaban J connectivity index is 1.78. The van der Waals surface area contributed by atoms with E-state index >= 15 is 0 Å². The number of benzene rings is 1. The van der Waals surface area contributed by atoms with E-state index in [4.69, 9.17) is 27.9 Å². The van der Waals surface area contributed by atoms with Crippen LogP contribution in [0.15, 0.2) is 23.8 Å². The number of aromatic hydroxyl groups is 1. The van der Waals surface area contributed by atoms with E-state index < -0.39 is 51.1 Å². The average molecular weight is 684 g/mol. The van der Waals surface area contributed by atoms with Crippen LogP contribution in [-0.4, -0.2) is 55.9 Å². The topological polar surface area (TPSA) is 113 Å². The van der Waals surface area contributed by atoms with Gasteiger partial charge in [-0.15, -0.1) is 23.2 Å². The standard InChI is InChI=1S/C22H18BrCl2IN2O6/c1-34-13-5-8(4-12(26)16(13)29)15-9-2-3-10-14(18(31)27-17(10)30)11(9)6-21(24)19(32)28(7-23)20(33)22(15,21)25/h2,4-5,10-11,14-15,29H,3,6-7H2,1H3,(H,27,30,31). The second-order valence-corrected chi connectivity index (χ2v) is 11.8. The van der Waals surface area contributed by atoms with Crippen LogP contribution < -0.4 is 10.1 Å². The van der Waals surface area contributed by atoms with Crippen LogP contribution in [0.2, 0.25) is 0 Å². The molecular formula is C22H18BrCl2IN2O6. The Morgan fingerprint density at radius 3 is 2.56 bits per heavy atom. The number of ether oxygens (including phenoxy) is 1. The summed E-state index contributed by atoms with van der Waals surface area (Å²) in [6.45, 7) is 0.